The van der Waals surface area contributed by atoms with Crippen molar-refractivity contribution in [1.29, 1.82) is 0 Å². The quantitative estimate of drug-likeness (QED) is 0.471. The third kappa shape index (κ3) is 4.21. The standard InChI is InChI=1S/C16H15N3O3S2/c1-10-17-12(8-23-10)7-15-18-19-16(22-15)24-9-14(20)11-3-5-13(21-2)6-4-11/h3-6,8H,7,9H2,1-2H3. The van der Waals surface area contributed by atoms with E-state index >= 15 is 0 Å². The zero-order valence-corrected chi connectivity index (χ0v) is 14.8. The third-order valence-electron chi connectivity index (χ3n) is 3.19. The van der Waals surface area contributed by atoms with Gasteiger partial charge in [-0.3, -0.25) is 4.79 Å². The maximum Gasteiger partial charge on any atom is 0.277 e. The minimum absolute atomic E-state index is 0.00229. The van der Waals surface area contributed by atoms with Crippen molar-refractivity contribution in [1.82, 2.24) is 15.2 Å². The molecule has 6 nitrogen and oxygen atoms in total. The Labute approximate surface area is 147 Å². The van der Waals surface area contributed by atoms with Gasteiger partial charge in [-0.05, 0) is 31.2 Å². The molecule has 0 radical (unpaired) electrons. The molecule has 0 N–H and O–H groups in total. The summed E-state index contributed by atoms with van der Waals surface area (Å²) in [7, 11) is 1.59. The van der Waals surface area contributed by atoms with Gasteiger partial charge in [0.25, 0.3) is 5.22 Å². The summed E-state index contributed by atoms with van der Waals surface area (Å²) in [5.41, 5.74) is 1.54. The Bertz CT molecular complexity index is 827. The largest absolute Gasteiger partial charge is 0.497 e. The van der Waals surface area contributed by atoms with E-state index < -0.39 is 0 Å². The SMILES string of the molecule is COc1ccc(C(=O)CSc2nnc(Cc3csc(C)n3)o2)cc1. The van der Waals surface area contributed by atoms with E-state index in [4.69, 9.17) is 9.15 Å². The average Bonchev–Trinajstić information content (AvgIpc) is 3.22. The van der Waals surface area contributed by atoms with Crippen LogP contribution in [-0.2, 0) is 6.42 Å². The second-order valence-electron chi connectivity index (χ2n) is 4.94. The highest BCUT2D eigenvalue weighted by Gasteiger charge is 2.12. The Morgan fingerprint density at radius 3 is 2.75 bits per heavy atom. The van der Waals surface area contributed by atoms with Gasteiger partial charge in [-0.15, -0.1) is 21.5 Å². The molecule has 3 rings (SSSR count). The minimum atomic E-state index is -0.00229. The minimum Gasteiger partial charge on any atom is -0.497 e. The molecule has 8 heteroatoms. The zero-order valence-electron chi connectivity index (χ0n) is 13.2. The summed E-state index contributed by atoms with van der Waals surface area (Å²) in [6.45, 7) is 1.95. The second kappa shape index (κ2) is 7.59. The van der Waals surface area contributed by atoms with E-state index in [0.717, 1.165) is 16.5 Å². The van der Waals surface area contributed by atoms with Crippen molar-refractivity contribution in [3.8, 4) is 5.75 Å². The van der Waals surface area contributed by atoms with Gasteiger partial charge in [0.2, 0.25) is 5.89 Å². The summed E-state index contributed by atoms with van der Waals surface area (Å²) in [5.74, 6) is 1.46. The van der Waals surface area contributed by atoms with Crippen LogP contribution in [0.4, 0.5) is 0 Å². The van der Waals surface area contributed by atoms with Crippen LogP contribution in [0.15, 0.2) is 39.3 Å². The highest BCUT2D eigenvalue weighted by molar-refractivity contribution is 7.99. The van der Waals surface area contributed by atoms with Crippen LogP contribution in [0.2, 0.25) is 0 Å². The van der Waals surface area contributed by atoms with Gasteiger partial charge in [-0.2, -0.15) is 0 Å². The number of Topliss-reactive ketones (excluding diaryl/α,β-unsaturated/α-hetero) is 1. The monoisotopic (exact) mass is 361 g/mol. The Balaban J connectivity index is 1.55. The summed E-state index contributed by atoms with van der Waals surface area (Å²) < 4.78 is 10.6. The Hall–Kier alpha value is -2.19. The number of aromatic nitrogens is 3. The number of carbonyl (C=O) groups excluding carboxylic acids is 1. The van der Waals surface area contributed by atoms with Crippen molar-refractivity contribution in [3.63, 3.8) is 0 Å². The number of ether oxygens (including phenoxy) is 1. The van der Waals surface area contributed by atoms with Crippen LogP contribution in [0.25, 0.3) is 0 Å². The number of aryl methyl sites for hydroxylation is 1. The summed E-state index contributed by atoms with van der Waals surface area (Å²) in [4.78, 5) is 16.5. The van der Waals surface area contributed by atoms with E-state index in [-0.39, 0.29) is 11.5 Å². The highest BCUT2D eigenvalue weighted by atomic mass is 32.2. The van der Waals surface area contributed by atoms with E-state index in [1.807, 2.05) is 12.3 Å². The summed E-state index contributed by atoms with van der Waals surface area (Å²) in [6, 6.07) is 7.01. The molecule has 0 aliphatic heterocycles. The second-order valence-corrected chi connectivity index (χ2v) is 6.93. The van der Waals surface area contributed by atoms with Crippen molar-refractivity contribution in [2.24, 2.45) is 0 Å². The van der Waals surface area contributed by atoms with Crippen LogP contribution in [0.3, 0.4) is 0 Å². The smallest absolute Gasteiger partial charge is 0.277 e. The summed E-state index contributed by atoms with van der Waals surface area (Å²) in [5, 5.41) is 11.3. The first-order chi connectivity index (χ1) is 11.6. The first-order valence-corrected chi connectivity index (χ1v) is 9.04. The number of thioether (sulfide) groups is 1. The van der Waals surface area contributed by atoms with Crippen molar-refractivity contribution >= 4 is 28.9 Å². The van der Waals surface area contributed by atoms with Gasteiger partial charge in [0, 0.05) is 10.9 Å². The van der Waals surface area contributed by atoms with E-state index in [1.165, 1.54) is 11.8 Å². The van der Waals surface area contributed by atoms with Gasteiger partial charge in [0.1, 0.15) is 5.75 Å². The van der Waals surface area contributed by atoms with Gasteiger partial charge >= 0.3 is 0 Å². The van der Waals surface area contributed by atoms with Crippen molar-refractivity contribution in [2.45, 2.75) is 18.6 Å². The molecule has 0 unspecified atom stereocenters. The van der Waals surface area contributed by atoms with E-state index in [0.29, 0.717) is 23.1 Å². The first kappa shape index (κ1) is 16.7. The predicted octanol–water partition coefficient (Wildman–Crippen LogP) is 3.41. The zero-order chi connectivity index (χ0) is 16.9. The lowest BCUT2D eigenvalue weighted by Crippen LogP contribution is -2.02. The average molecular weight is 361 g/mol. The number of ketones is 1. The third-order valence-corrected chi connectivity index (χ3v) is 4.83. The fourth-order valence-electron chi connectivity index (χ4n) is 2.00. The fourth-order valence-corrected chi connectivity index (χ4v) is 3.29. The Kier molecular flexibility index (Phi) is 5.27. The molecule has 24 heavy (non-hydrogen) atoms. The lowest BCUT2D eigenvalue weighted by Gasteiger charge is -2.01. The maximum atomic E-state index is 12.2. The van der Waals surface area contributed by atoms with E-state index in [9.17, 15) is 4.79 Å². The number of hydrogen-bond acceptors (Lipinski definition) is 8. The molecule has 0 aliphatic rings. The number of methoxy groups -OCH3 is 1. The number of benzene rings is 1. The van der Waals surface area contributed by atoms with E-state index in [1.54, 1.807) is 42.7 Å². The number of thiazole rings is 1. The molecule has 0 saturated heterocycles. The lowest BCUT2D eigenvalue weighted by molar-refractivity contribution is 0.102. The predicted molar refractivity (Wildman–Crippen MR) is 92.0 cm³/mol. The topological polar surface area (TPSA) is 78.1 Å². The van der Waals surface area contributed by atoms with Crippen LogP contribution in [-0.4, -0.2) is 33.8 Å². The van der Waals surface area contributed by atoms with Crippen molar-refractivity contribution in [2.75, 3.05) is 12.9 Å². The van der Waals surface area contributed by atoms with E-state index in [2.05, 4.69) is 15.2 Å². The Morgan fingerprint density at radius 2 is 2.08 bits per heavy atom. The van der Waals surface area contributed by atoms with Crippen LogP contribution >= 0.6 is 23.1 Å². The van der Waals surface area contributed by atoms with Crippen molar-refractivity contribution < 1.29 is 13.9 Å². The molecule has 0 saturated carbocycles. The number of nitrogens with zero attached hydrogens (tertiary/aromatic N) is 3. The molecule has 2 aromatic heterocycles. The van der Waals surface area contributed by atoms with Gasteiger partial charge in [0.15, 0.2) is 5.78 Å². The molecule has 0 aliphatic carbocycles. The molecule has 0 spiro atoms. The fraction of sp³-hybridized carbons (Fsp3) is 0.250. The van der Waals surface area contributed by atoms with Crippen LogP contribution in [0.1, 0.15) is 27.0 Å². The molecule has 0 fully saturated rings. The molecule has 0 atom stereocenters. The Morgan fingerprint density at radius 1 is 1.29 bits per heavy atom. The highest BCUT2D eigenvalue weighted by Crippen LogP contribution is 2.20. The van der Waals surface area contributed by atoms with Crippen LogP contribution in [0, 0.1) is 6.92 Å². The number of hydrogen-bond donors (Lipinski definition) is 0. The summed E-state index contributed by atoms with van der Waals surface area (Å²) >= 11 is 2.82. The molecular weight excluding hydrogens is 346 g/mol. The maximum absolute atomic E-state index is 12.2. The molecule has 0 bridgehead atoms. The molecule has 124 valence electrons. The molecule has 2 heterocycles. The summed E-state index contributed by atoms with van der Waals surface area (Å²) in [6.07, 6.45) is 0.504. The van der Waals surface area contributed by atoms with Gasteiger partial charge in [0.05, 0.1) is 30.0 Å². The number of carbonyl (C=O) groups is 1. The van der Waals surface area contributed by atoms with Gasteiger partial charge < -0.3 is 9.15 Å². The first-order valence-electron chi connectivity index (χ1n) is 7.17. The van der Waals surface area contributed by atoms with Crippen LogP contribution < -0.4 is 4.74 Å². The normalized spacial score (nSPS) is 10.8. The van der Waals surface area contributed by atoms with Gasteiger partial charge in [-0.25, -0.2) is 4.98 Å². The van der Waals surface area contributed by atoms with Crippen LogP contribution in [0.5, 0.6) is 5.75 Å². The van der Waals surface area contributed by atoms with Gasteiger partial charge in [-0.1, -0.05) is 11.8 Å². The van der Waals surface area contributed by atoms with Crippen molar-refractivity contribution in [3.05, 3.63) is 51.8 Å². The molecule has 0 amide bonds. The number of rotatable bonds is 7. The molecule has 1 aromatic carbocycles. The molecular formula is C16H15N3O3S2. The molecule has 3 aromatic rings. The lowest BCUT2D eigenvalue weighted by atomic mass is 10.1.